The standard InChI is InChI=1S/C17H19NO2.C6H10N2.CH4/c1-13(19)17(18)11-14-7-9-16(10-8-14)20-12-15-5-3-2-4-6-15;1-2-3-6-4-7-5-8-6;/h2-10,17H,11-12,18H2,1H3;4-5H,2-3H2,1H3,(H,7,8);1H4/t17-;;/m0../s1. The highest BCUT2D eigenvalue weighted by Gasteiger charge is 2.08. The second-order valence-corrected chi connectivity index (χ2v) is 6.67. The lowest BCUT2D eigenvalue weighted by Crippen LogP contribution is -2.30. The third-order valence-electron chi connectivity index (χ3n) is 4.22. The van der Waals surface area contributed by atoms with Gasteiger partial charge in [0.15, 0.2) is 0 Å². The first-order chi connectivity index (χ1) is 13.6. The van der Waals surface area contributed by atoms with Gasteiger partial charge in [0.25, 0.3) is 0 Å². The van der Waals surface area contributed by atoms with E-state index in [4.69, 9.17) is 10.5 Å². The molecular weight excluding hydrogens is 362 g/mol. The van der Waals surface area contributed by atoms with Gasteiger partial charge in [-0.25, -0.2) is 4.98 Å². The minimum atomic E-state index is -0.425. The zero-order chi connectivity index (χ0) is 20.2. The van der Waals surface area contributed by atoms with Crippen LogP contribution in [0.1, 0.15) is 44.5 Å². The molecule has 0 spiro atoms. The number of aromatic amines is 1. The monoisotopic (exact) mass is 395 g/mol. The van der Waals surface area contributed by atoms with Gasteiger partial charge in [-0.1, -0.05) is 63.2 Å². The number of aromatic nitrogens is 2. The maximum atomic E-state index is 11.1. The normalized spacial score (nSPS) is 10.9. The first kappa shape index (κ1) is 24.1. The molecule has 1 heterocycles. The Morgan fingerprint density at radius 2 is 1.79 bits per heavy atom. The Kier molecular flexibility index (Phi) is 11.1. The number of hydrogen-bond donors (Lipinski definition) is 2. The minimum absolute atomic E-state index is 0. The highest BCUT2D eigenvalue weighted by Crippen LogP contribution is 2.15. The lowest BCUT2D eigenvalue weighted by molar-refractivity contribution is -0.118. The molecule has 0 aliphatic rings. The molecule has 5 heteroatoms. The van der Waals surface area contributed by atoms with E-state index >= 15 is 0 Å². The van der Waals surface area contributed by atoms with Crippen molar-refractivity contribution >= 4 is 5.78 Å². The second-order valence-electron chi connectivity index (χ2n) is 6.67. The number of Topliss-reactive ketones (excluding diaryl/α,β-unsaturated/α-hetero) is 1. The lowest BCUT2D eigenvalue weighted by Gasteiger charge is -2.09. The number of carbonyl (C=O) groups excluding carboxylic acids is 1. The molecule has 0 aliphatic carbocycles. The number of ether oxygens (including phenoxy) is 1. The van der Waals surface area contributed by atoms with Crippen LogP contribution < -0.4 is 10.5 Å². The fraction of sp³-hybridized carbons (Fsp3) is 0.333. The van der Waals surface area contributed by atoms with Gasteiger partial charge >= 0.3 is 0 Å². The molecule has 156 valence electrons. The number of aryl methyl sites for hydroxylation is 1. The SMILES string of the molecule is C.CC(=O)[C@@H](N)Cc1ccc(OCc2ccccc2)cc1.CCCc1cnc[nH]1. The number of benzene rings is 2. The maximum absolute atomic E-state index is 11.1. The summed E-state index contributed by atoms with van der Waals surface area (Å²) in [4.78, 5) is 18.0. The van der Waals surface area contributed by atoms with Crippen molar-refractivity contribution in [1.29, 1.82) is 0 Å². The summed E-state index contributed by atoms with van der Waals surface area (Å²) in [5.41, 5.74) is 9.15. The van der Waals surface area contributed by atoms with E-state index in [1.54, 1.807) is 6.33 Å². The molecule has 0 radical (unpaired) electrons. The van der Waals surface area contributed by atoms with Crippen molar-refractivity contribution in [1.82, 2.24) is 9.97 Å². The summed E-state index contributed by atoms with van der Waals surface area (Å²) < 4.78 is 5.70. The summed E-state index contributed by atoms with van der Waals surface area (Å²) in [6.07, 6.45) is 6.44. The van der Waals surface area contributed by atoms with Gasteiger partial charge in [0.2, 0.25) is 0 Å². The largest absolute Gasteiger partial charge is 0.489 e. The quantitative estimate of drug-likeness (QED) is 0.578. The van der Waals surface area contributed by atoms with Crippen LogP contribution in [-0.2, 0) is 24.2 Å². The Labute approximate surface area is 174 Å². The molecule has 3 rings (SSSR count). The Morgan fingerprint density at radius 3 is 2.34 bits per heavy atom. The number of nitrogens with one attached hydrogen (secondary N) is 1. The van der Waals surface area contributed by atoms with Crippen molar-refractivity contribution in [2.75, 3.05) is 0 Å². The first-order valence-corrected chi connectivity index (χ1v) is 9.57. The molecule has 3 aromatic rings. The molecule has 0 saturated heterocycles. The van der Waals surface area contributed by atoms with Crippen LogP contribution in [0.4, 0.5) is 0 Å². The molecule has 1 aromatic heterocycles. The third kappa shape index (κ3) is 9.21. The van der Waals surface area contributed by atoms with Crippen LogP contribution in [0.25, 0.3) is 0 Å². The molecular formula is C24H33N3O2. The smallest absolute Gasteiger partial charge is 0.146 e. The topological polar surface area (TPSA) is 81.0 Å². The predicted molar refractivity (Wildman–Crippen MR) is 119 cm³/mol. The fourth-order valence-corrected chi connectivity index (χ4v) is 2.55. The summed E-state index contributed by atoms with van der Waals surface area (Å²) >= 11 is 0. The van der Waals surface area contributed by atoms with E-state index < -0.39 is 6.04 Å². The minimum Gasteiger partial charge on any atom is -0.489 e. The number of nitrogens with zero attached hydrogens (tertiary/aromatic N) is 1. The van der Waals surface area contributed by atoms with Crippen molar-refractivity contribution in [3.63, 3.8) is 0 Å². The maximum Gasteiger partial charge on any atom is 0.146 e. The number of H-pyrrole nitrogens is 1. The molecule has 0 fully saturated rings. The van der Waals surface area contributed by atoms with Gasteiger partial charge in [0.05, 0.1) is 12.4 Å². The molecule has 0 bridgehead atoms. The number of hydrogen-bond acceptors (Lipinski definition) is 4. The number of rotatable bonds is 8. The van der Waals surface area contributed by atoms with Crippen molar-refractivity contribution in [2.24, 2.45) is 5.73 Å². The van der Waals surface area contributed by atoms with E-state index in [0.29, 0.717) is 13.0 Å². The molecule has 0 amide bonds. The molecule has 1 atom stereocenters. The summed E-state index contributed by atoms with van der Waals surface area (Å²) in [6, 6.07) is 17.3. The highest BCUT2D eigenvalue weighted by molar-refractivity contribution is 5.81. The van der Waals surface area contributed by atoms with E-state index in [-0.39, 0.29) is 13.2 Å². The summed E-state index contributed by atoms with van der Waals surface area (Å²) in [5.74, 6) is 0.823. The van der Waals surface area contributed by atoms with Crippen molar-refractivity contribution in [3.8, 4) is 5.75 Å². The fourth-order valence-electron chi connectivity index (χ4n) is 2.55. The molecule has 0 saturated carbocycles. The van der Waals surface area contributed by atoms with E-state index in [1.165, 1.54) is 19.0 Å². The van der Waals surface area contributed by atoms with Gasteiger partial charge in [0, 0.05) is 11.9 Å². The van der Waals surface area contributed by atoms with Gasteiger partial charge in [-0.15, -0.1) is 0 Å². The summed E-state index contributed by atoms with van der Waals surface area (Å²) in [6.45, 7) is 4.22. The second kappa shape index (κ2) is 13.3. The van der Waals surface area contributed by atoms with E-state index in [9.17, 15) is 4.79 Å². The number of nitrogens with two attached hydrogens (primary N) is 1. The zero-order valence-electron chi connectivity index (χ0n) is 16.6. The number of ketones is 1. The molecule has 5 nitrogen and oxygen atoms in total. The first-order valence-electron chi connectivity index (χ1n) is 9.57. The van der Waals surface area contributed by atoms with E-state index in [0.717, 1.165) is 23.3 Å². The number of carbonyl (C=O) groups is 1. The van der Waals surface area contributed by atoms with Crippen LogP contribution in [0.2, 0.25) is 0 Å². The van der Waals surface area contributed by atoms with Crippen LogP contribution in [0.15, 0.2) is 67.1 Å². The van der Waals surface area contributed by atoms with Crippen LogP contribution in [0.5, 0.6) is 5.75 Å². The Hall–Kier alpha value is -2.92. The van der Waals surface area contributed by atoms with E-state index in [1.807, 2.05) is 60.8 Å². The summed E-state index contributed by atoms with van der Waals surface area (Å²) in [7, 11) is 0. The highest BCUT2D eigenvalue weighted by atomic mass is 16.5. The zero-order valence-corrected chi connectivity index (χ0v) is 16.6. The Morgan fingerprint density at radius 1 is 1.10 bits per heavy atom. The van der Waals surface area contributed by atoms with Crippen LogP contribution in [-0.4, -0.2) is 21.8 Å². The van der Waals surface area contributed by atoms with Crippen molar-refractivity contribution in [2.45, 2.75) is 53.2 Å². The average molecular weight is 396 g/mol. The number of imidazole rings is 1. The van der Waals surface area contributed by atoms with E-state index in [2.05, 4.69) is 16.9 Å². The van der Waals surface area contributed by atoms with Crippen molar-refractivity contribution in [3.05, 3.63) is 83.9 Å². The van der Waals surface area contributed by atoms with Crippen LogP contribution in [0, 0.1) is 0 Å². The Balaban J connectivity index is 0.000000394. The third-order valence-corrected chi connectivity index (χ3v) is 4.22. The predicted octanol–water partition coefficient (Wildman–Crippen LogP) is 4.72. The molecule has 2 aromatic carbocycles. The van der Waals surface area contributed by atoms with Gasteiger partial charge in [0.1, 0.15) is 18.1 Å². The van der Waals surface area contributed by atoms with Gasteiger partial charge in [-0.3, -0.25) is 4.79 Å². The van der Waals surface area contributed by atoms with Gasteiger partial charge in [-0.2, -0.15) is 0 Å². The van der Waals surface area contributed by atoms with Gasteiger partial charge < -0.3 is 15.5 Å². The van der Waals surface area contributed by atoms with Gasteiger partial charge in [-0.05, 0) is 43.0 Å². The summed E-state index contributed by atoms with van der Waals surface area (Å²) in [5, 5.41) is 0. The Bertz CT molecular complexity index is 800. The molecule has 0 aliphatic heterocycles. The van der Waals surface area contributed by atoms with Crippen LogP contribution >= 0.6 is 0 Å². The van der Waals surface area contributed by atoms with Crippen LogP contribution in [0.3, 0.4) is 0 Å². The average Bonchev–Trinajstić information content (AvgIpc) is 3.22. The molecule has 3 N–H and O–H groups in total. The lowest BCUT2D eigenvalue weighted by atomic mass is 10.0. The molecule has 0 unspecified atom stereocenters. The molecule has 29 heavy (non-hydrogen) atoms. The van der Waals surface area contributed by atoms with Crippen molar-refractivity contribution < 1.29 is 9.53 Å².